The number of rotatable bonds is 5. The lowest BCUT2D eigenvalue weighted by atomic mass is 9.66. The third-order valence-electron chi connectivity index (χ3n) is 12.8. The monoisotopic (exact) mass is 774 g/mol. The molecule has 0 radical (unpaired) electrons. The normalized spacial score (nSPS) is 12.7. The maximum absolute atomic E-state index is 5.39. The molecule has 0 atom stereocenters. The van der Waals surface area contributed by atoms with Gasteiger partial charge in [-0.15, -0.1) is 0 Å². The Labute approximate surface area is 356 Å². The molecule has 12 rings (SSSR count). The summed E-state index contributed by atoms with van der Waals surface area (Å²) >= 11 is 0. The van der Waals surface area contributed by atoms with Crippen molar-refractivity contribution in [3.63, 3.8) is 0 Å². The fourth-order valence-electron chi connectivity index (χ4n) is 10.1. The smallest absolute Gasteiger partial charge is 0.160 e. The summed E-state index contributed by atoms with van der Waals surface area (Å²) in [5.74, 6) is 0.691. The zero-order valence-electron chi connectivity index (χ0n) is 33.3. The highest BCUT2D eigenvalue weighted by molar-refractivity contribution is 5.98. The average molecular weight is 775 g/mol. The predicted molar refractivity (Wildman–Crippen MR) is 251 cm³/mol. The molecule has 0 bridgehead atoms. The topological polar surface area (TPSA) is 25.8 Å². The largest absolute Gasteiger partial charge is 0.228 e. The van der Waals surface area contributed by atoms with E-state index in [1.165, 1.54) is 61.2 Å². The highest BCUT2D eigenvalue weighted by Crippen LogP contribution is 2.61. The molecule has 2 heteroatoms. The van der Waals surface area contributed by atoms with Gasteiger partial charge in [-0.3, -0.25) is 0 Å². The Kier molecular flexibility index (Phi) is 8.11. The molecule has 2 aliphatic carbocycles. The van der Waals surface area contributed by atoms with Crippen LogP contribution in [-0.2, 0) is 5.41 Å². The number of aromatic nitrogens is 2. The van der Waals surface area contributed by atoms with E-state index in [4.69, 9.17) is 9.97 Å². The van der Waals surface area contributed by atoms with Gasteiger partial charge in [0, 0.05) is 16.7 Å². The van der Waals surface area contributed by atoms with Crippen LogP contribution in [0, 0.1) is 0 Å². The molecule has 10 aromatic rings. The molecule has 0 aliphatic heterocycles. The second-order valence-electron chi connectivity index (χ2n) is 16.0. The molecule has 2 aliphatic rings. The van der Waals surface area contributed by atoms with E-state index in [0.717, 1.165) is 44.8 Å². The first-order valence-corrected chi connectivity index (χ1v) is 21.0. The molecule has 2 nitrogen and oxygen atoms in total. The van der Waals surface area contributed by atoms with Crippen LogP contribution in [0.3, 0.4) is 0 Å². The van der Waals surface area contributed by atoms with Crippen molar-refractivity contribution in [2.75, 3.05) is 0 Å². The summed E-state index contributed by atoms with van der Waals surface area (Å²) < 4.78 is 0. The van der Waals surface area contributed by atoms with Crippen LogP contribution in [0.15, 0.2) is 231 Å². The molecule has 0 N–H and O–H groups in total. The number of hydrogen-bond acceptors (Lipinski definition) is 2. The molecule has 284 valence electrons. The molecule has 9 aromatic carbocycles. The highest BCUT2D eigenvalue weighted by Gasteiger charge is 2.49. The van der Waals surface area contributed by atoms with E-state index < -0.39 is 5.41 Å². The second-order valence-corrected chi connectivity index (χ2v) is 16.0. The minimum Gasteiger partial charge on any atom is -0.228 e. The molecule has 61 heavy (non-hydrogen) atoms. The van der Waals surface area contributed by atoms with Gasteiger partial charge < -0.3 is 0 Å². The van der Waals surface area contributed by atoms with Gasteiger partial charge in [-0.1, -0.05) is 218 Å². The summed E-state index contributed by atoms with van der Waals surface area (Å²) in [7, 11) is 0. The van der Waals surface area contributed by atoms with Crippen molar-refractivity contribution >= 4 is 0 Å². The lowest BCUT2D eigenvalue weighted by molar-refractivity contribution is 0.775. The predicted octanol–water partition coefficient (Wildman–Crippen LogP) is 14.8. The molecule has 0 saturated heterocycles. The number of fused-ring (bicyclic) bond motifs is 12. The Hall–Kier alpha value is -7.94. The zero-order valence-corrected chi connectivity index (χ0v) is 33.3. The first kappa shape index (κ1) is 35.0. The number of benzene rings is 9. The molecule has 1 spiro atoms. The van der Waals surface area contributed by atoms with Crippen LogP contribution in [0.1, 0.15) is 22.3 Å². The van der Waals surface area contributed by atoms with Crippen LogP contribution >= 0.6 is 0 Å². The maximum atomic E-state index is 5.39. The van der Waals surface area contributed by atoms with E-state index in [1.54, 1.807) is 0 Å². The quantitative estimate of drug-likeness (QED) is 0.174. The third-order valence-corrected chi connectivity index (χ3v) is 12.8. The minimum atomic E-state index is -0.534. The summed E-state index contributed by atoms with van der Waals surface area (Å²) in [5.41, 5.74) is 21.6. The Morgan fingerprint density at radius 1 is 0.230 bits per heavy atom. The third kappa shape index (κ3) is 5.50. The van der Waals surface area contributed by atoms with Crippen LogP contribution in [0.25, 0.3) is 89.5 Å². The van der Waals surface area contributed by atoms with E-state index >= 15 is 0 Å². The van der Waals surface area contributed by atoms with E-state index in [0.29, 0.717) is 5.82 Å². The molecule has 0 fully saturated rings. The summed E-state index contributed by atoms with van der Waals surface area (Å²) in [4.78, 5) is 10.7. The van der Waals surface area contributed by atoms with Crippen molar-refractivity contribution in [2.45, 2.75) is 5.41 Å². The first-order chi connectivity index (χ1) is 30.3. The van der Waals surface area contributed by atoms with Crippen LogP contribution in [0.2, 0.25) is 0 Å². The zero-order chi connectivity index (χ0) is 40.3. The summed E-state index contributed by atoms with van der Waals surface area (Å²) in [6.07, 6.45) is 0. The van der Waals surface area contributed by atoms with Gasteiger partial charge in [0.25, 0.3) is 0 Å². The molecule has 0 saturated carbocycles. The molecule has 1 heterocycles. The van der Waals surface area contributed by atoms with Crippen LogP contribution in [0.5, 0.6) is 0 Å². The second kappa shape index (κ2) is 14.1. The van der Waals surface area contributed by atoms with Gasteiger partial charge >= 0.3 is 0 Å². The summed E-state index contributed by atoms with van der Waals surface area (Å²) in [6, 6.07) is 83.5. The SMILES string of the molecule is c1ccc(-c2ccc(-c3nc(-c4ccc5c(c4)-c4ccccc4C54c5ccccc5-c5ccccc5-c5ccccc54)cc(-c4ccccc4-c4ccccc4)n3)cc2)cc1. The van der Waals surface area contributed by atoms with Gasteiger partial charge in [-0.25, -0.2) is 9.97 Å². The summed E-state index contributed by atoms with van der Waals surface area (Å²) in [6.45, 7) is 0. The van der Waals surface area contributed by atoms with E-state index in [2.05, 4.69) is 231 Å². The van der Waals surface area contributed by atoms with Gasteiger partial charge in [0.05, 0.1) is 16.8 Å². The van der Waals surface area contributed by atoms with Crippen molar-refractivity contribution in [3.05, 3.63) is 253 Å². The fraction of sp³-hybridized carbons (Fsp3) is 0.0169. The van der Waals surface area contributed by atoms with Gasteiger partial charge in [0.1, 0.15) is 0 Å². The van der Waals surface area contributed by atoms with Crippen molar-refractivity contribution in [3.8, 4) is 89.5 Å². The van der Waals surface area contributed by atoms with Gasteiger partial charge in [-0.05, 0) is 90.0 Å². The van der Waals surface area contributed by atoms with Crippen LogP contribution < -0.4 is 0 Å². The Morgan fingerprint density at radius 3 is 1.21 bits per heavy atom. The molecule has 0 unspecified atom stereocenters. The van der Waals surface area contributed by atoms with E-state index in [1.807, 2.05) is 0 Å². The van der Waals surface area contributed by atoms with Crippen molar-refractivity contribution in [2.24, 2.45) is 0 Å². The van der Waals surface area contributed by atoms with Crippen LogP contribution in [0.4, 0.5) is 0 Å². The summed E-state index contributed by atoms with van der Waals surface area (Å²) in [5, 5.41) is 0. The van der Waals surface area contributed by atoms with Crippen molar-refractivity contribution in [1.82, 2.24) is 9.97 Å². The standard InChI is InChI=1S/C59H38N2/c1-3-17-39(18-4-1)40-31-33-42(34-32-40)58-60-56(38-57(61-58)50-27-10-7-21-44(50)41-19-5-2-6-20-41)43-35-36-55-51(37-43)49-26-13-16-30-54(49)59(55)52-28-14-11-24-47(52)45-22-8-9-23-46(45)48-25-12-15-29-53(48)59/h1-38H. The number of nitrogens with zero attached hydrogens (tertiary/aromatic N) is 2. The molecule has 0 amide bonds. The fourth-order valence-corrected chi connectivity index (χ4v) is 10.1. The van der Waals surface area contributed by atoms with E-state index in [-0.39, 0.29) is 0 Å². The van der Waals surface area contributed by atoms with Crippen molar-refractivity contribution < 1.29 is 0 Å². The van der Waals surface area contributed by atoms with Gasteiger partial charge in [0.15, 0.2) is 5.82 Å². The lowest BCUT2D eigenvalue weighted by Gasteiger charge is -2.35. The van der Waals surface area contributed by atoms with Gasteiger partial charge in [0.2, 0.25) is 0 Å². The Bertz CT molecular complexity index is 3230. The highest BCUT2D eigenvalue weighted by atomic mass is 14.9. The average Bonchev–Trinajstić information content (AvgIpc) is 3.58. The molecular formula is C59H38N2. The van der Waals surface area contributed by atoms with Gasteiger partial charge in [-0.2, -0.15) is 0 Å². The molecular weight excluding hydrogens is 737 g/mol. The van der Waals surface area contributed by atoms with Crippen LogP contribution in [-0.4, -0.2) is 9.97 Å². The minimum absolute atomic E-state index is 0.534. The Balaban J connectivity index is 1.09. The number of hydrogen-bond donors (Lipinski definition) is 0. The van der Waals surface area contributed by atoms with Crippen molar-refractivity contribution in [1.29, 1.82) is 0 Å². The van der Waals surface area contributed by atoms with E-state index in [9.17, 15) is 0 Å². The maximum Gasteiger partial charge on any atom is 0.160 e. The molecule has 1 aromatic heterocycles. The Morgan fingerprint density at radius 2 is 0.623 bits per heavy atom. The lowest BCUT2D eigenvalue weighted by Crippen LogP contribution is -2.29. The first-order valence-electron chi connectivity index (χ1n) is 21.0.